The summed E-state index contributed by atoms with van der Waals surface area (Å²) in [5.41, 5.74) is -4.65. The van der Waals surface area contributed by atoms with E-state index >= 15 is 0 Å². The van der Waals surface area contributed by atoms with Crippen LogP contribution in [-0.2, 0) is 14.6 Å². The summed E-state index contributed by atoms with van der Waals surface area (Å²) in [5, 5.41) is 22.9. The topological polar surface area (TPSA) is 133 Å². The number of sulfone groups is 1. The van der Waals surface area contributed by atoms with Crippen LogP contribution in [-0.4, -0.2) is 53.4 Å². The normalized spacial score (nSPS) is 30.8. The Bertz CT molecular complexity index is 1630. The van der Waals surface area contributed by atoms with E-state index < -0.39 is 121 Å². The quantitative estimate of drug-likeness (QED) is 0.336. The second-order valence-electron chi connectivity index (χ2n) is 10.5. The molecule has 4 N–H and O–H groups in total. The van der Waals surface area contributed by atoms with Crippen molar-refractivity contribution < 1.29 is 48.2 Å². The van der Waals surface area contributed by atoms with Crippen molar-refractivity contribution in [3.05, 3.63) is 58.4 Å². The van der Waals surface area contributed by atoms with Gasteiger partial charge in [0.1, 0.15) is 0 Å². The van der Waals surface area contributed by atoms with Gasteiger partial charge in [-0.15, -0.1) is 0 Å². The van der Waals surface area contributed by atoms with E-state index in [4.69, 9.17) is 18.5 Å². The maximum Gasteiger partial charge on any atom is 0.255 e. The fourth-order valence-corrected chi connectivity index (χ4v) is 6.74. The number of rotatable bonds is 8. The highest BCUT2D eigenvalue weighted by Gasteiger charge is 2.56. The van der Waals surface area contributed by atoms with Crippen LogP contribution in [0.2, 0.25) is 5.02 Å². The van der Waals surface area contributed by atoms with Gasteiger partial charge in [0.05, 0.1) is 32.8 Å². The number of fused-ring (bicyclic) bond motifs is 2. The lowest BCUT2D eigenvalue weighted by Crippen LogP contribution is -2.51. The third-order valence-electron chi connectivity index (χ3n) is 6.77. The number of nitrogens with one attached hydrogen (secondary N) is 2. The third kappa shape index (κ3) is 6.14. The van der Waals surface area contributed by atoms with E-state index in [-0.39, 0.29) is 6.54 Å². The summed E-state index contributed by atoms with van der Waals surface area (Å²) in [6.45, 7) is 2.55. The van der Waals surface area contributed by atoms with Crippen molar-refractivity contribution in [1.82, 2.24) is 5.32 Å². The number of carbonyl (C=O) groups is 2. The second-order valence-corrected chi connectivity index (χ2v) is 12.9. The largest absolute Gasteiger partial charge is 0.389 e. The van der Waals surface area contributed by atoms with E-state index in [0.717, 1.165) is 18.2 Å². The molecule has 2 aliphatic carbocycles. The molecular formula is C27H30ClF3N2O6S. The molecule has 0 heterocycles. The summed E-state index contributed by atoms with van der Waals surface area (Å²) in [6.07, 6.45) is -8.56. The average molecular weight is 608 g/mol. The van der Waals surface area contributed by atoms with Gasteiger partial charge < -0.3 is 20.8 Å². The van der Waals surface area contributed by atoms with E-state index in [0.29, 0.717) is 12.1 Å². The lowest BCUT2D eigenvalue weighted by Gasteiger charge is -2.42. The van der Waals surface area contributed by atoms with Crippen LogP contribution in [0, 0.1) is 29.3 Å². The van der Waals surface area contributed by atoms with Gasteiger partial charge in [-0.1, -0.05) is 11.6 Å². The van der Waals surface area contributed by atoms with Gasteiger partial charge >= 0.3 is 0 Å². The second kappa shape index (κ2) is 11.0. The number of hydrogen-bond donors (Lipinski definition) is 4. The van der Waals surface area contributed by atoms with Gasteiger partial charge in [-0.25, -0.2) is 21.6 Å². The van der Waals surface area contributed by atoms with Crippen molar-refractivity contribution in [2.75, 3.05) is 11.9 Å². The minimum absolute atomic E-state index is 0.249. The number of amides is 2. The van der Waals surface area contributed by atoms with E-state index in [9.17, 15) is 41.4 Å². The number of carbonyl (C=O) groups excluding carboxylic acids is 2. The molecule has 40 heavy (non-hydrogen) atoms. The van der Waals surface area contributed by atoms with Gasteiger partial charge in [-0.2, -0.15) is 0 Å². The minimum Gasteiger partial charge on any atom is -0.389 e. The Kier molecular flexibility index (Phi) is 6.57. The van der Waals surface area contributed by atoms with E-state index in [1.54, 1.807) is 0 Å². The highest BCUT2D eigenvalue weighted by molar-refractivity contribution is 7.92. The first kappa shape index (κ1) is 24.0. The van der Waals surface area contributed by atoms with E-state index in [1.165, 1.54) is 13.8 Å². The maximum absolute atomic E-state index is 14.0. The molecule has 2 aromatic rings. The summed E-state index contributed by atoms with van der Waals surface area (Å²) in [4.78, 5) is 24.8. The average Bonchev–Trinajstić information content (AvgIpc) is 2.95. The Labute approximate surface area is 241 Å². The first-order valence-electron chi connectivity index (χ1n) is 14.6. The Balaban J connectivity index is 1.68. The molecule has 2 fully saturated rings. The van der Waals surface area contributed by atoms with Crippen molar-refractivity contribution in [3.63, 3.8) is 0 Å². The summed E-state index contributed by atoms with van der Waals surface area (Å²) < 4.78 is 112. The van der Waals surface area contributed by atoms with Crippen LogP contribution in [0.4, 0.5) is 18.9 Å². The predicted octanol–water partition coefficient (Wildman–Crippen LogP) is 3.98. The van der Waals surface area contributed by atoms with Gasteiger partial charge in [0, 0.05) is 36.8 Å². The van der Waals surface area contributed by atoms with E-state index in [2.05, 4.69) is 10.6 Å². The third-order valence-corrected chi connectivity index (χ3v) is 9.22. The van der Waals surface area contributed by atoms with Gasteiger partial charge in [-0.3, -0.25) is 9.59 Å². The summed E-state index contributed by atoms with van der Waals surface area (Å²) in [7, 11) is -4.97. The van der Waals surface area contributed by atoms with Crippen molar-refractivity contribution in [2.24, 2.45) is 11.8 Å². The lowest BCUT2D eigenvalue weighted by molar-refractivity contribution is -0.133. The van der Waals surface area contributed by atoms with Gasteiger partial charge in [0.15, 0.2) is 27.3 Å². The molecule has 0 spiro atoms. The fraction of sp³-hybridized carbons (Fsp3) is 0.481. The van der Waals surface area contributed by atoms with Crippen molar-refractivity contribution in [2.45, 2.75) is 67.2 Å². The standard InChI is InChI=1S/C27H30ClF3N2O6S/c1-26(2,36)13-32-23(34)12-27(37)15-4-5-16(27)9-18(8-15)40(38,39)22-7-14(3-6-19(22)28)25(35)33-17-10-20(29)24(31)21(30)11-17/h3,6-7,10-11,15-16,18,36-37H,4-5,8-9,12-13H2,1-2H3,(H,32,34)(H,33,35)/t15-,16?,18?,27?/m0/s1/i4D2,5D2,18D. The highest BCUT2D eigenvalue weighted by Crippen LogP contribution is 2.53. The number of aliphatic hydroxyl groups is 2. The number of anilines is 1. The SMILES string of the molecule is [2H]C1([2H])C2CC([2H])(S(=O)(=O)c3cc(C(=O)Nc4cc(F)c(F)c(F)c4)ccc3Cl)C[C@@H](C2(O)CC(=O)NCC(C)(C)O)C1([2H])[2H]. The van der Waals surface area contributed by atoms with Crippen LogP contribution in [0.5, 0.6) is 0 Å². The first-order valence-corrected chi connectivity index (χ1v) is 13.9. The Hall–Kier alpha value is -2.67. The number of halogens is 4. The zero-order chi connectivity index (χ0) is 34.1. The molecule has 3 unspecified atom stereocenters. The van der Waals surface area contributed by atoms with Crippen LogP contribution >= 0.6 is 11.6 Å². The van der Waals surface area contributed by atoms with Crippen LogP contribution in [0.1, 0.15) is 63.1 Å². The van der Waals surface area contributed by atoms with Crippen molar-refractivity contribution in [1.29, 1.82) is 0 Å². The molecule has 2 aliphatic rings. The molecule has 0 radical (unpaired) electrons. The minimum atomic E-state index is -4.97. The Morgan fingerprint density at radius 2 is 1.73 bits per heavy atom. The maximum atomic E-state index is 14.0. The van der Waals surface area contributed by atoms with Crippen LogP contribution in [0.25, 0.3) is 0 Å². The molecule has 2 amide bonds. The summed E-state index contributed by atoms with van der Waals surface area (Å²) in [5.74, 6) is -10.6. The number of benzene rings is 2. The van der Waals surface area contributed by atoms with Crippen LogP contribution in [0.15, 0.2) is 35.2 Å². The summed E-state index contributed by atoms with van der Waals surface area (Å²) >= 11 is 6.18. The molecule has 0 aliphatic heterocycles. The zero-order valence-electron chi connectivity index (χ0n) is 26.3. The van der Waals surface area contributed by atoms with Crippen molar-refractivity contribution >= 4 is 38.9 Å². The Morgan fingerprint density at radius 1 is 1.15 bits per heavy atom. The lowest BCUT2D eigenvalue weighted by atomic mass is 9.72. The molecule has 2 saturated carbocycles. The molecule has 4 rings (SSSR count). The van der Waals surface area contributed by atoms with Gasteiger partial charge in [-0.05, 0) is 69.5 Å². The highest BCUT2D eigenvalue weighted by atomic mass is 35.5. The van der Waals surface area contributed by atoms with Crippen LogP contribution < -0.4 is 10.6 Å². The molecule has 218 valence electrons. The molecule has 0 aromatic heterocycles. The number of hydrogen-bond acceptors (Lipinski definition) is 6. The van der Waals surface area contributed by atoms with Crippen LogP contribution in [0.3, 0.4) is 0 Å². The molecule has 13 heteroatoms. The molecule has 0 saturated heterocycles. The van der Waals surface area contributed by atoms with Gasteiger partial charge in [0.2, 0.25) is 5.91 Å². The molecular weight excluding hydrogens is 573 g/mol. The molecule has 2 aromatic carbocycles. The molecule has 2 bridgehead atoms. The molecule has 8 nitrogen and oxygen atoms in total. The van der Waals surface area contributed by atoms with Crippen molar-refractivity contribution in [3.8, 4) is 0 Å². The smallest absolute Gasteiger partial charge is 0.255 e. The van der Waals surface area contributed by atoms with E-state index in [1.807, 2.05) is 0 Å². The fourth-order valence-electron chi connectivity index (χ4n) is 4.63. The monoisotopic (exact) mass is 607 g/mol. The zero-order valence-corrected chi connectivity index (χ0v) is 22.9. The Morgan fingerprint density at radius 3 is 2.27 bits per heavy atom. The predicted molar refractivity (Wildman–Crippen MR) is 141 cm³/mol. The first-order chi connectivity index (χ1) is 20.4. The van der Waals surface area contributed by atoms with Gasteiger partial charge in [0.25, 0.3) is 5.91 Å². The molecule has 4 atom stereocenters. The summed E-state index contributed by atoms with van der Waals surface area (Å²) in [6, 6.07) is 3.83.